The second kappa shape index (κ2) is 8.48. The standard InChI is InChI=1S/C19H32N4O3/c1-3-22(14-17-20-15(2)26-21-17)16-7-6-11-23(12-8-16)18(24)13-19(25)9-4-5-10-19/h16,25H,3-14H2,1-2H3. The zero-order valence-electron chi connectivity index (χ0n) is 16.1. The Morgan fingerprint density at radius 3 is 2.73 bits per heavy atom. The summed E-state index contributed by atoms with van der Waals surface area (Å²) in [5.74, 6) is 1.44. The third-order valence-corrected chi connectivity index (χ3v) is 5.90. The van der Waals surface area contributed by atoms with E-state index in [1.54, 1.807) is 6.92 Å². The molecule has 2 fully saturated rings. The summed E-state index contributed by atoms with van der Waals surface area (Å²) in [4.78, 5) is 21.3. The van der Waals surface area contributed by atoms with Crippen LogP contribution >= 0.6 is 0 Å². The van der Waals surface area contributed by atoms with Gasteiger partial charge in [0.1, 0.15) is 0 Å². The van der Waals surface area contributed by atoms with Gasteiger partial charge in [-0.05, 0) is 38.6 Å². The number of nitrogens with zero attached hydrogens (tertiary/aromatic N) is 4. The summed E-state index contributed by atoms with van der Waals surface area (Å²) in [7, 11) is 0. The minimum Gasteiger partial charge on any atom is -0.389 e. The fraction of sp³-hybridized carbons (Fsp3) is 0.842. The van der Waals surface area contributed by atoms with Crippen LogP contribution in [0.4, 0.5) is 0 Å². The van der Waals surface area contributed by atoms with Crippen molar-refractivity contribution in [3.05, 3.63) is 11.7 Å². The Morgan fingerprint density at radius 1 is 1.31 bits per heavy atom. The molecule has 2 aliphatic rings. The number of rotatable bonds is 6. The Hall–Kier alpha value is -1.47. The van der Waals surface area contributed by atoms with Gasteiger partial charge in [0.05, 0.1) is 18.6 Å². The van der Waals surface area contributed by atoms with Crippen LogP contribution in [0.5, 0.6) is 0 Å². The van der Waals surface area contributed by atoms with Gasteiger partial charge in [0.25, 0.3) is 0 Å². The fourth-order valence-electron chi connectivity index (χ4n) is 4.38. The molecule has 1 aromatic rings. The minimum absolute atomic E-state index is 0.117. The van der Waals surface area contributed by atoms with E-state index in [4.69, 9.17) is 4.52 Å². The Labute approximate surface area is 155 Å². The van der Waals surface area contributed by atoms with Crippen molar-refractivity contribution < 1.29 is 14.4 Å². The van der Waals surface area contributed by atoms with Crippen molar-refractivity contribution in [2.24, 2.45) is 0 Å². The van der Waals surface area contributed by atoms with Crippen LogP contribution in [0.1, 0.15) is 70.0 Å². The van der Waals surface area contributed by atoms with Gasteiger partial charge >= 0.3 is 0 Å². The lowest BCUT2D eigenvalue weighted by Crippen LogP contribution is -2.39. The normalized spacial score (nSPS) is 23.4. The lowest BCUT2D eigenvalue weighted by atomic mass is 9.97. The van der Waals surface area contributed by atoms with Gasteiger partial charge in [-0.1, -0.05) is 24.9 Å². The van der Waals surface area contributed by atoms with E-state index in [1.165, 1.54) is 0 Å². The smallest absolute Gasteiger partial charge is 0.225 e. The van der Waals surface area contributed by atoms with Gasteiger partial charge in [-0.25, -0.2) is 0 Å². The SMILES string of the molecule is CCN(Cc1noc(C)n1)C1CCCN(C(=O)CC2(O)CCCC2)CC1. The summed E-state index contributed by atoms with van der Waals surface area (Å²) in [5.41, 5.74) is -0.755. The molecule has 0 spiro atoms. The molecule has 0 bridgehead atoms. The number of carbonyl (C=O) groups is 1. The summed E-state index contributed by atoms with van der Waals surface area (Å²) < 4.78 is 5.08. The number of aliphatic hydroxyl groups is 1. The molecule has 2 heterocycles. The summed E-state index contributed by atoms with van der Waals surface area (Å²) in [5, 5.41) is 14.5. The van der Waals surface area contributed by atoms with Crippen LogP contribution in [0.15, 0.2) is 4.52 Å². The molecule has 1 amide bonds. The molecule has 26 heavy (non-hydrogen) atoms. The lowest BCUT2D eigenvalue weighted by molar-refractivity contribution is -0.136. The number of hydrogen-bond acceptors (Lipinski definition) is 6. The van der Waals surface area contributed by atoms with Gasteiger partial charge in [-0.2, -0.15) is 4.98 Å². The lowest BCUT2D eigenvalue weighted by Gasteiger charge is -2.29. The average molecular weight is 364 g/mol. The van der Waals surface area contributed by atoms with Gasteiger partial charge in [-0.3, -0.25) is 9.69 Å². The Kier molecular flexibility index (Phi) is 6.29. The number of likely N-dealkylation sites (tertiary alicyclic amines) is 1. The quantitative estimate of drug-likeness (QED) is 0.834. The Morgan fingerprint density at radius 2 is 2.08 bits per heavy atom. The maximum atomic E-state index is 12.7. The van der Waals surface area contributed by atoms with Gasteiger partial charge in [0, 0.05) is 26.1 Å². The predicted molar refractivity (Wildman–Crippen MR) is 97.4 cm³/mol. The summed E-state index contributed by atoms with van der Waals surface area (Å²) in [6, 6.07) is 0.422. The molecule has 0 aromatic carbocycles. The second-order valence-corrected chi connectivity index (χ2v) is 7.87. The van der Waals surface area contributed by atoms with Crippen molar-refractivity contribution in [2.75, 3.05) is 19.6 Å². The molecule has 1 saturated heterocycles. The van der Waals surface area contributed by atoms with Crippen LogP contribution in [0.3, 0.4) is 0 Å². The molecule has 1 unspecified atom stereocenters. The highest BCUT2D eigenvalue weighted by atomic mass is 16.5. The van der Waals surface area contributed by atoms with E-state index in [9.17, 15) is 9.90 Å². The molecule has 1 aliphatic heterocycles. The van der Waals surface area contributed by atoms with Crippen molar-refractivity contribution in [3.8, 4) is 0 Å². The van der Waals surface area contributed by atoms with E-state index in [0.29, 0.717) is 18.5 Å². The van der Waals surface area contributed by atoms with E-state index < -0.39 is 5.60 Å². The predicted octanol–water partition coefficient (Wildman–Crippen LogP) is 2.28. The molecular weight excluding hydrogens is 332 g/mol. The largest absolute Gasteiger partial charge is 0.389 e. The molecule has 1 aromatic heterocycles. The average Bonchev–Trinajstić information content (AvgIpc) is 3.13. The van der Waals surface area contributed by atoms with Crippen molar-refractivity contribution in [1.29, 1.82) is 0 Å². The van der Waals surface area contributed by atoms with Gasteiger partial charge in [0.15, 0.2) is 5.82 Å². The summed E-state index contributed by atoms with van der Waals surface area (Å²) in [6.45, 7) is 7.13. The van der Waals surface area contributed by atoms with E-state index >= 15 is 0 Å². The van der Waals surface area contributed by atoms with Gasteiger partial charge < -0.3 is 14.5 Å². The summed E-state index contributed by atoms with van der Waals surface area (Å²) in [6.07, 6.45) is 6.91. The maximum absolute atomic E-state index is 12.7. The first-order valence-corrected chi connectivity index (χ1v) is 10.0. The number of aryl methyl sites for hydroxylation is 1. The van der Waals surface area contributed by atoms with Crippen LogP contribution in [-0.2, 0) is 11.3 Å². The first-order valence-electron chi connectivity index (χ1n) is 10.0. The zero-order valence-corrected chi connectivity index (χ0v) is 16.1. The monoisotopic (exact) mass is 364 g/mol. The van der Waals surface area contributed by atoms with E-state index in [2.05, 4.69) is 22.0 Å². The van der Waals surface area contributed by atoms with Crippen molar-refractivity contribution >= 4 is 5.91 Å². The molecule has 146 valence electrons. The topological polar surface area (TPSA) is 82.7 Å². The highest BCUT2D eigenvalue weighted by Crippen LogP contribution is 2.33. The molecule has 7 nitrogen and oxygen atoms in total. The molecule has 3 rings (SSSR count). The van der Waals surface area contributed by atoms with E-state index in [-0.39, 0.29) is 12.3 Å². The van der Waals surface area contributed by atoms with E-state index in [1.807, 2.05) is 4.90 Å². The molecule has 7 heteroatoms. The molecular formula is C19H32N4O3. The Balaban J connectivity index is 1.53. The molecule has 1 N–H and O–H groups in total. The first-order chi connectivity index (χ1) is 12.5. The molecule has 0 radical (unpaired) electrons. The van der Waals surface area contributed by atoms with Crippen LogP contribution in [0.25, 0.3) is 0 Å². The number of amides is 1. The zero-order chi connectivity index (χ0) is 18.6. The highest BCUT2D eigenvalue weighted by Gasteiger charge is 2.35. The van der Waals surface area contributed by atoms with Crippen LogP contribution in [0, 0.1) is 6.92 Å². The molecule has 1 saturated carbocycles. The second-order valence-electron chi connectivity index (χ2n) is 7.87. The third-order valence-electron chi connectivity index (χ3n) is 5.90. The fourth-order valence-corrected chi connectivity index (χ4v) is 4.38. The van der Waals surface area contributed by atoms with E-state index in [0.717, 1.165) is 70.4 Å². The number of aromatic nitrogens is 2. The van der Waals surface area contributed by atoms with Crippen LogP contribution in [-0.4, -0.2) is 62.2 Å². The van der Waals surface area contributed by atoms with Crippen molar-refractivity contribution in [2.45, 2.75) is 83.4 Å². The van der Waals surface area contributed by atoms with Gasteiger partial charge in [0.2, 0.25) is 11.8 Å². The van der Waals surface area contributed by atoms with Gasteiger partial charge in [-0.15, -0.1) is 0 Å². The van der Waals surface area contributed by atoms with Crippen LogP contribution < -0.4 is 0 Å². The van der Waals surface area contributed by atoms with Crippen molar-refractivity contribution in [1.82, 2.24) is 19.9 Å². The molecule has 1 aliphatic carbocycles. The molecule has 1 atom stereocenters. The number of carbonyl (C=O) groups excluding carboxylic acids is 1. The number of hydrogen-bond donors (Lipinski definition) is 1. The maximum Gasteiger partial charge on any atom is 0.225 e. The third kappa shape index (κ3) is 4.82. The first kappa shape index (κ1) is 19.3. The minimum atomic E-state index is -0.755. The highest BCUT2D eigenvalue weighted by molar-refractivity contribution is 5.77. The Bertz CT molecular complexity index is 597. The van der Waals surface area contributed by atoms with Crippen LogP contribution in [0.2, 0.25) is 0 Å². The summed E-state index contributed by atoms with van der Waals surface area (Å²) >= 11 is 0. The van der Waals surface area contributed by atoms with Crippen molar-refractivity contribution in [3.63, 3.8) is 0 Å².